The van der Waals surface area contributed by atoms with Gasteiger partial charge >= 0.3 is 0 Å². The number of aryl methyl sites for hydroxylation is 2. The second kappa shape index (κ2) is 4.61. The second-order valence-electron chi connectivity index (χ2n) is 5.19. The van der Waals surface area contributed by atoms with Crippen molar-refractivity contribution < 1.29 is 4.39 Å². The van der Waals surface area contributed by atoms with Crippen LogP contribution >= 0.6 is 22.7 Å². The fourth-order valence-electron chi connectivity index (χ4n) is 2.48. The van der Waals surface area contributed by atoms with Gasteiger partial charge in [-0.25, -0.2) is 9.37 Å². The van der Waals surface area contributed by atoms with Crippen LogP contribution in [0.4, 0.5) is 4.39 Å². The van der Waals surface area contributed by atoms with Crippen LogP contribution < -0.4 is 0 Å². The Kier molecular flexibility index (Phi) is 2.84. The summed E-state index contributed by atoms with van der Waals surface area (Å²) in [5, 5.41) is 1.96. The van der Waals surface area contributed by atoms with E-state index in [1.54, 1.807) is 28.7 Å². The number of aromatic nitrogens is 1. The lowest BCUT2D eigenvalue weighted by molar-refractivity contribution is 0.630. The maximum absolute atomic E-state index is 13.3. The Balaban J connectivity index is 1.95. The Morgan fingerprint density at radius 1 is 0.952 bits per heavy atom. The fraction of sp³-hybridized carbons (Fsp3) is 0.118. The molecule has 0 spiro atoms. The SMILES string of the molecule is Cc1ccc(C)c2sc(-c3cc4cc(F)ccc4s3)nc12. The molecule has 2 heterocycles. The largest absolute Gasteiger partial charge is 0.235 e. The minimum Gasteiger partial charge on any atom is -0.235 e. The molecule has 104 valence electrons. The predicted molar refractivity (Wildman–Crippen MR) is 89.9 cm³/mol. The normalized spacial score (nSPS) is 11.6. The molecule has 0 aliphatic rings. The minimum absolute atomic E-state index is 0.192. The van der Waals surface area contributed by atoms with Gasteiger partial charge in [0.15, 0.2) is 0 Å². The van der Waals surface area contributed by atoms with Crippen molar-refractivity contribution in [3.05, 3.63) is 53.3 Å². The number of fused-ring (bicyclic) bond motifs is 2. The number of rotatable bonds is 1. The van der Waals surface area contributed by atoms with Crippen LogP contribution in [-0.4, -0.2) is 4.98 Å². The average molecular weight is 313 g/mol. The maximum atomic E-state index is 13.3. The highest BCUT2D eigenvalue weighted by molar-refractivity contribution is 7.28. The zero-order chi connectivity index (χ0) is 14.6. The Labute approximate surface area is 129 Å². The molecule has 0 amide bonds. The molecular formula is C17H12FNS2. The van der Waals surface area contributed by atoms with E-state index >= 15 is 0 Å². The zero-order valence-electron chi connectivity index (χ0n) is 11.6. The van der Waals surface area contributed by atoms with E-state index in [4.69, 9.17) is 4.98 Å². The summed E-state index contributed by atoms with van der Waals surface area (Å²) in [7, 11) is 0. The molecule has 1 nitrogen and oxygen atoms in total. The van der Waals surface area contributed by atoms with Gasteiger partial charge in [0.1, 0.15) is 10.8 Å². The highest BCUT2D eigenvalue weighted by Crippen LogP contribution is 2.39. The molecule has 0 saturated heterocycles. The average Bonchev–Trinajstić information content (AvgIpc) is 3.06. The van der Waals surface area contributed by atoms with E-state index in [2.05, 4.69) is 26.0 Å². The topological polar surface area (TPSA) is 12.9 Å². The Hall–Kier alpha value is -1.78. The van der Waals surface area contributed by atoms with Crippen LogP contribution in [0.2, 0.25) is 0 Å². The summed E-state index contributed by atoms with van der Waals surface area (Å²) in [5.74, 6) is -0.192. The van der Waals surface area contributed by atoms with Gasteiger partial charge in [0, 0.05) is 4.70 Å². The molecule has 0 fully saturated rings. The molecule has 0 N–H and O–H groups in total. The standard InChI is InChI=1S/C17H12FNS2/c1-9-3-4-10(2)16-15(9)19-17(21-16)14-8-11-7-12(18)5-6-13(11)20-14/h3-8H,1-2H3. The minimum atomic E-state index is -0.192. The monoisotopic (exact) mass is 313 g/mol. The third kappa shape index (κ3) is 2.06. The summed E-state index contributed by atoms with van der Waals surface area (Å²) in [6, 6.07) is 11.2. The predicted octanol–water partition coefficient (Wildman–Crippen LogP) is 5.93. The van der Waals surface area contributed by atoms with Crippen LogP contribution in [0.3, 0.4) is 0 Å². The number of halogens is 1. The van der Waals surface area contributed by atoms with Crippen molar-refractivity contribution in [1.29, 1.82) is 0 Å². The number of hydrogen-bond acceptors (Lipinski definition) is 3. The summed E-state index contributed by atoms with van der Waals surface area (Å²) >= 11 is 3.38. The number of benzene rings is 2. The Bertz CT molecular complexity index is 942. The van der Waals surface area contributed by atoms with Crippen LogP contribution in [0.5, 0.6) is 0 Å². The maximum Gasteiger partial charge on any atom is 0.134 e. The van der Waals surface area contributed by atoms with E-state index in [0.29, 0.717) is 0 Å². The summed E-state index contributed by atoms with van der Waals surface area (Å²) < 4.78 is 15.7. The number of nitrogens with zero attached hydrogens (tertiary/aromatic N) is 1. The molecule has 0 radical (unpaired) electrons. The Morgan fingerprint density at radius 3 is 2.57 bits per heavy atom. The second-order valence-corrected chi connectivity index (χ2v) is 7.27. The smallest absolute Gasteiger partial charge is 0.134 e. The molecule has 0 aliphatic carbocycles. The lowest BCUT2D eigenvalue weighted by Crippen LogP contribution is -1.78. The van der Waals surface area contributed by atoms with E-state index in [1.807, 2.05) is 12.1 Å². The molecule has 4 heteroatoms. The highest BCUT2D eigenvalue weighted by atomic mass is 32.1. The molecule has 4 rings (SSSR count). The Morgan fingerprint density at radius 2 is 1.76 bits per heavy atom. The fourth-order valence-corrected chi connectivity index (χ4v) is 4.68. The zero-order valence-corrected chi connectivity index (χ0v) is 13.2. The first kappa shape index (κ1) is 12.9. The van der Waals surface area contributed by atoms with Crippen molar-refractivity contribution in [1.82, 2.24) is 4.98 Å². The van der Waals surface area contributed by atoms with Crippen molar-refractivity contribution >= 4 is 43.0 Å². The van der Waals surface area contributed by atoms with E-state index in [1.165, 1.54) is 21.9 Å². The summed E-state index contributed by atoms with van der Waals surface area (Å²) in [5.41, 5.74) is 3.54. The number of hydrogen-bond donors (Lipinski definition) is 0. The first-order chi connectivity index (χ1) is 10.1. The van der Waals surface area contributed by atoms with E-state index in [0.717, 1.165) is 25.5 Å². The van der Waals surface area contributed by atoms with Crippen molar-refractivity contribution in [2.45, 2.75) is 13.8 Å². The number of thiophene rings is 1. The van der Waals surface area contributed by atoms with Gasteiger partial charge in [0.05, 0.1) is 15.1 Å². The summed E-state index contributed by atoms with van der Waals surface area (Å²) in [6.07, 6.45) is 0. The van der Waals surface area contributed by atoms with Gasteiger partial charge in [-0.05, 0) is 54.6 Å². The molecular weight excluding hydrogens is 301 g/mol. The highest BCUT2D eigenvalue weighted by Gasteiger charge is 2.12. The van der Waals surface area contributed by atoms with E-state index in [9.17, 15) is 4.39 Å². The molecule has 2 aromatic heterocycles. The first-order valence-electron chi connectivity index (χ1n) is 6.68. The van der Waals surface area contributed by atoms with Crippen molar-refractivity contribution in [2.24, 2.45) is 0 Å². The van der Waals surface area contributed by atoms with Gasteiger partial charge in [-0.15, -0.1) is 22.7 Å². The van der Waals surface area contributed by atoms with Gasteiger partial charge in [0.2, 0.25) is 0 Å². The third-order valence-electron chi connectivity index (χ3n) is 3.63. The molecule has 21 heavy (non-hydrogen) atoms. The summed E-state index contributed by atoms with van der Waals surface area (Å²) in [6.45, 7) is 4.20. The molecule has 0 saturated carbocycles. The quantitative estimate of drug-likeness (QED) is 0.424. The van der Waals surface area contributed by atoms with Gasteiger partial charge in [0.25, 0.3) is 0 Å². The van der Waals surface area contributed by atoms with Crippen molar-refractivity contribution in [3.63, 3.8) is 0 Å². The molecule has 0 unspecified atom stereocenters. The van der Waals surface area contributed by atoms with Gasteiger partial charge in [-0.2, -0.15) is 0 Å². The first-order valence-corrected chi connectivity index (χ1v) is 8.31. The van der Waals surface area contributed by atoms with Gasteiger partial charge in [-0.3, -0.25) is 0 Å². The molecule has 4 aromatic rings. The van der Waals surface area contributed by atoms with Crippen molar-refractivity contribution in [3.8, 4) is 9.88 Å². The van der Waals surface area contributed by atoms with Crippen LogP contribution in [0.25, 0.3) is 30.2 Å². The van der Waals surface area contributed by atoms with E-state index in [-0.39, 0.29) is 5.82 Å². The molecule has 0 aliphatic heterocycles. The molecule has 0 atom stereocenters. The van der Waals surface area contributed by atoms with Crippen molar-refractivity contribution in [2.75, 3.05) is 0 Å². The van der Waals surface area contributed by atoms with Crippen LogP contribution in [0.1, 0.15) is 11.1 Å². The van der Waals surface area contributed by atoms with Gasteiger partial charge < -0.3 is 0 Å². The van der Waals surface area contributed by atoms with Crippen LogP contribution in [-0.2, 0) is 0 Å². The van der Waals surface area contributed by atoms with Crippen LogP contribution in [0, 0.1) is 19.7 Å². The molecule has 2 aromatic carbocycles. The van der Waals surface area contributed by atoms with Crippen LogP contribution in [0.15, 0.2) is 36.4 Å². The third-order valence-corrected chi connectivity index (χ3v) is 6.11. The summed E-state index contributed by atoms with van der Waals surface area (Å²) in [4.78, 5) is 5.90. The number of thiazole rings is 1. The lowest BCUT2D eigenvalue weighted by Gasteiger charge is -1.96. The van der Waals surface area contributed by atoms with Gasteiger partial charge in [-0.1, -0.05) is 12.1 Å². The molecule has 0 bridgehead atoms. The lowest BCUT2D eigenvalue weighted by atomic mass is 10.1. The van der Waals surface area contributed by atoms with E-state index < -0.39 is 0 Å².